The second-order valence-electron chi connectivity index (χ2n) is 15.3. The van der Waals surface area contributed by atoms with E-state index in [1.54, 1.807) is 11.1 Å². The van der Waals surface area contributed by atoms with Crippen LogP contribution in [0.5, 0.6) is 0 Å². The minimum atomic E-state index is -3.14. The molecule has 0 amide bonds. The zero-order chi connectivity index (χ0) is 32.7. The van der Waals surface area contributed by atoms with Crippen molar-refractivity contribution in [2.75, 3.05) is 0 Å². The van der Waals surface area contributed by atoms with Crippen LogP contribution >= 0.6 is 0 Å². The van der Waals surface area contributed by atoms with Crippen LogP contribution in [0.1, 0.15) is 57.4 Å². The summed E-state index contributed by atoms with van der Waals surface area (Å²) in [6.45, 7) is 11.9. The Morgan fingerprint density at radius 1 is 0.532 bits per heavy atom. The number of benzene rings is 5. The summed E-state index contributed by atoms with van der Waals surface area (Å²) < 4.78 is 6.86. The summed E-state index contributed by atoms with van der Waals surface area (Å²) in [5.41, 5.74) is 19.1. The molecule has 0 radical (unpaired) electrons. The standard InChI is InChI=1S/C43H40Si.2CH3.Hf/c1-29-13-9-19-38(31(29)3)40-21-11-17-34-25-36(27-42(34)40)44(5,24-23-33-15-7-6-8-16-33)37-26-35-18-12-22-41(43(35)28-37)39-20-10-14-30(2)32(39)4;;;/h6-22,25-28H,23-24H2,1-5H3;2*1H3;. The molecule has 5 aromatic rings. The Balaban J connectivity index is 1.36. The fourth-order valence-corrected chi connectivity index (χ4v) is 41.9. The number of aryl methyl sites for hydroxylation is 3. The molecule has 8 rings (SSSR count). The molecular weight excluding hydrogens is 747 g/mol. The van der Waals surface area contributed by atoms with E-state index in [-0.39, 0.29) is 0 Å². The van der Waals surface area contributed by atoms with Crippen LogP contribution in [0, 0.1) is 27.7 Å². The first-order valence-electron chi connectivity index (χ1n) is 17.5. The maximum atomic E-state index is 2.80. The van der Waals surface area contributed by atoms with Gasteiger partial charge >= 0.3 is 289 Å². The van der Waals surface area contributed by atoms with E-state index in [0.29, 0.717) is 7.35 Å². The molecule has 2 heteroatoms. The molecule has 5 aromatic carbocycles. The van der Waals surface area contributed by atoms with Gasteiger partial charge in [-0.25, -0.2) is 0 Å². The Morgan fingerprint density at radius 2 is 0.979 bits per heavy atom. The zero-order valence-corrected chi connectivity index (χ0v) is 33.6. The summed E-state index contributed by atoms with van der Waals surface area (Å²) in [4.78, 5) is 0. The predicted octanol–water partition coefficient (Wildman–Crippen LogP) is 12.5. The number of allylic oxidation sites excluding steroid dienone is 2. The third kappa shape index (κ3) is 4.69. The van der Waals surface area contributed by atoms with Crippen molar-refractivity contribution in [3.8, 4) is 22.3 Å². The van der Waals surface area contributed by atoms with Crippen molar-refractivity contribution in [3.05, 3.63) is 164 Å². The quantitative estimate of drug-likeness (QED) is 0.156. The van der Waals surface area contributed by atoms with E-state index in [4.69, 9.17) is 0 Å². The van der Waals surface area contributed by atoms with Crippen LogP contribution in [-0.4, -0.2) is 8.07 Å². The van der Waals surface area contributed by atoms with Crippen molar-refractivity contribution < 1.29 is 20.0 Å². The summed E-state index contributed by atoms with van der Waals surface area (Å²) >= 11 is -3.14. The SMILES string of the molecule is Cc1cccc(-c2cccc3c2C=C2[CH]3[Hf]([CH3])([CH3])[CH]3C(=Cc4c(-c5cccc(C)c5C)cccc43)[Si]2(C)CCc2ccccc2)c1C. The van der Waals surface area contributed by atoms with Gasteiger partial charge in [0.05, 0.1) is 0 Å². The fraction of sp³-hybridized carbons (Fsp3) is 0.244. The average molecular weight is 793 g/mol. The normalized spacial score (nSPS) is 21.8. The van der Waals surface area contributed by atoms with E-state index < -0.39 is 28.0 Å². The number of fused-ring (bicyclic) bond motifs is 6. The summed E-state index contributed by atoms with van der Waals surface area (Å²) in [6.07, 6.45) is 6.65. The maximum absolute atomic E-state index is 3.14. The summed E-state index contributed by atoms with van der Waals surface area (Å²) in [5, 5.41) is 3.69. The predicted molar refractivity (Wildman–Crippen MR) is 202 cm³/mol. The Labute approximate surface area is 287 Å². The monoisotopic (exact) mass is 794 g/mol. The van der Waals surface area contributed by atoms with Crippen LogP contribution < -0.4 is 0 Å². The summed E-state index contributed by atoms with van der Waals surface area (Å²) in [6, 6.07) is 40.8. The first-order chi connectivity index (χ1) is 22.6. The van der Waals surface area contributed by atoms with E-state index in [0.717, 1.165) is 6.42 Å². The molecule has 1 saturated heterocycles. The van der Waals surface area contributed by atoms with Crippen molar-refractivity contribution in [2.45, 2.75) is 63.4 Å². The van der Waals surface area contributed by atoms with Crippen molar-refractivity contribution in [2.24, 2.45) is 0 Å². The third-order valence-corrected chi connectivity index (χ3v) is 34.3. The van der Waals surface area contributed by atoms with Gasteiger partial charge in [-0.3, -0.25) is 0 Å². The van der Waals surface area contributed by atoms with Crippen molar-refractivity contribution in [1.29, 1.82) is 0 Å². The average Bonchev–Trinajstić information content (AvgIpc) is 3.68. The van der Waals surface area contributed by atoms with Crippen LogP contribution in [0.2, 0.25) is 22.0 Å². The molecule has 47 heavy (non-hydrogen) atoms. The second-order valence-corrected chi connectivity index (χ2v) is 36.9. The van der Waals surface area contributed by atoms with Gasteiger partial charge in [0.25, 0.3) is 0 Å². The Kier molecular flexibility index (Phi) is 7.50. The number of hydrogen-bond acceptors (Lipinski definition) is 0. The fourth-order valence-electron chi connectivity index (χ4n) is 9.58. The molecule has 0 aromatic heterocycles. The first-order valence-corrected chi connectivity index (χ1v) is 31.5. The van der Waals surface area contributed by atoms with Crippen LogP contribution in [0.3, 0.4) is 0 Å². The number of rotatable bonds is 5. The van der Waals surface area contributed by atoms with E-state index in [2.05, 4.69) is 159 Å². The second kappa shape index (κ2) is 11.4. The topological polar surface area (TPSA) is 0 Å². The van der Waals surface area contributed by atoms with Gasteiger partial charge in [-0.05, 0) is 0 Å². The van der Waals surface area contributed by atoms with Gasteiger partial charge in [0.1, 0.15) is 0 Å². The van der Waals surface area contributed by atoms with Gasteiger partial charge < -0.3 is 0 Å². The van der Waals surface area contributed by atoms with E-state index in [9.17, 15) is 0 Å². The molecule has 3 aliphatic rings. The van der Waals surface area contributed by atoms with Gasteiger partial charge in [0.15, 0.2) is 0 Å². The van der Waals surface area contributed by atoms with Crippen LogP contribution in [0.15, 0.2) is 114 Å². The zero-order valence-electron chi connectivity index (χ0n) is 29.0. The van der Waals surface area contributed by atoms with E-state index >= 15 is 0 Å². The molecule has 0 spiro atoms. The molecule has 2 unspecified atom stereocenters. The van der Waals surface area contributed by atoms with Gasteiger partial charge in [-0.2, -0.15) is 0 Å². The molecule has 0 bridgehead atoms. The van der Waals surface area contributed by atoms with Gasteiger partial charge in [-0.1, -0.05) is 0 Å². The van der Waals surface area contributed by atoms with Crippen molar-refractivity contribution >= 4 is 20.2 Å². The van der Waals surface area contributed by atoms with Crippen LogP contribution in [0.25, 0.3) is 34.4 Å². The minimum absolute atomic E-state index is 0.632. The number of hydrogen-bond donors (Lipinski definition) is 0. The molecule has 2 atom stereocenters. The van der Waals surface area contributed by atoms with Gasteiger partial charge in [0, 0.05) is 0 Å². The Bertz CT molecular complexity index is 2000. The molecule has 2 aliphatic carbocycles. The van der Waals surface area contributed by atoms with Crippen molar-refractivity contribution in [1.82, 2.24) is 0 Å². The summed E-state index contributed by atoms with van der Waals surface area (Å²) in [7, 11) is -2.08. The van der Waals surface area contributed by atoms with Crippen molar-refractivity contribution in [3.63, 3.8) is 0 Å². The molecule has 0 nitrogen and oxygen atoms in total. The molecule has 234 valence electrons. The molecular formula is C45H46HfSi. The van der Waals surface area contributed by atoms with E-state index in [1.807, 2.05) is 10.4 Å². The molecule has 0 saturated carbocycles. The molecule has 1 heterocycles. The summed E-state index contributed by atoms with van der Waals surface area (Å²) in [5.74, 6) is 0. The Morgan fingerprint density at radius 3 is 1.47 bits per heavy atom. The molecule has 1 fully saturated rings. The van der Waals surface area contributed by atoms with Gasteiger partial charge in [-0.15, -0.1) is 0 Å². The first kappa shape index (κ1) is 31.0. The Hall–Kier alpha value is -3.33. The van der Waals surface area contributed by atoms with E-state index in [1.165, 1.54) is 67.2 Å². The van der Waals surface area contributed by atoms with Crippen LogP contribution in [-0.2, 0) is 26.4 Å². The van der Waals surface area contributed by atoms with Gasteiger partial charge in [0.2, 0.25) is 0 Å². The molecule has 1 aliphatic heterocycles. The third-order valence-electron chi connectivity index (χ3n) is 12.4. The molecule has 0 N–H and O–H groups in total. The van der Waals surface area contributed by atoms with Crippen LogP contribution in [0.4, 0.5) is 0 Å².